The Bertz CT molecular complexity index is 183. The molecule has 1 aromatic rings. The van der Waals surface area contributed by atoms with Gasteiger partial charge in [0.2, 0.25) is 0 Å². The summed E-state index contributed by atoms with van der Waals surface area (Å²) in [6, 6.07) is 0. The van der Waals surface area contributed by atoms with Gasteiger partial charge in [-0.2, -0.15) is 0 Å². The number of hydrogen-bond acceptors (Lipinski definition) is 3. The Hall–Kier alpha value is -0.750. The van der Waals surface area contributed by atoms with Crippen LogP contribution in [0, 0.1) is 0 Å². The molecule has 0 aromatic carbocycles. The lowest BCUT2D eigenvalue weighted by molar-refractivity contribution is 0.544. The molecule has 0 radical (unpaired) electrons. The van der Waals surface area contributed by atoms with Crippen molar-refractivity contribution in [2.45, 2.75) is 0 Å². The average Bonchev–Trinajstić information content (AvgIpc) is 2.12. The van der Waals surface area contributed by atoms with Crippen molar-refractivity contribution in [1.82, 2.24) is 14.4 Å². The third-order valence-electron chi connectivity index (χ3n) is 0.561. The van der Waals surface area contributed by atoms with Gasteiger partial charge in [-0.15, -0.1) is 9.19 Å². The van der Waals surface area contributed by atoms with Crippen molar-refractivity contribution in [1.29, 1.82) is 0 Å². The molecule has 1 heterocycles. The van der Waals surface area contributed by atoms with E-state index in [-0.39, 0.29) is 0 Å². The Morgan fingerprint density at radius 1 is 1.75 bits per heavy atom. The summed E-state index contributed by atoms with van der Waals surface area (Å²) >= 11 is -2.05. The average molecular weight is 133 g/mol. The molecule has 0 bridgehead atoms. The minimum absolute atomic E-state index is 0.833. The molecule has 1 rings (SSSR count). The highest BCUT2D eigenvalue weighted by Crippen LogP contribution is 1.78. The van der Waals surface area contributed by atoms with Crippen LogP contribution < -0.4 is 0 Å². The van der Waals surface area contributed by atoms with Gasteiger partial charge in [-0.25, -0.2) is 4.21 Å². The Balaban J connectivity index is 2.93. The molecule has 0 saturated heterocycles. The van der Waals surface area contributed by atoms with Crippen molar-refractivity contribution in [3.63, 3.8) is 0 Å². The molecule has 5 nitrogen and oxygen atoms in total. The second kappa shape index (κ2) is 2.01. The molecule has 0 aliphatic carbocycles. The largest absolute Gasteiger partial charge is 0.288 e. The minimum atomic E-state index is -2.05. The van der Waals surface area contributed by atoms with Gasteiger partial charge in [-0.05, 0) is 0 Å². The van der Waals surface area contributed by atoms with E-state index in [2.05, 4.69) is 10.3 Å². The zero-order chi connectivity index (χ0) is 5.98. The third-order valence-corrected chi connectivity index (χ3v) is 1.08. The smallest absolute Gasteiger partial charge is 0.284 e. The van der Waals surface area contributed by atoms with Crippen LogP contribution in [0.15, 0.2) is 12.4 Å². The Morgan fingerprint density at radius 2 is 2.50 bits per heavy atom. The predicted molar refractivity (Wildman–Crippen MR) is 26.2 cm³/mol. The van der Waals surface area contributed by atoms with Gasteiger partial charge in [0.05, 0.1) is 12.4 Å². The van der Waals surface area contributed by atoms with Crippen LogP contribution in [-0.4, -0.2) is 23.2 Å². The molecule has 0 amide bonds. The van der Waals surface area contributed by atoms with Gasteiger partial charge in [-0.1, -0.05) is 5.21 Å². The predicted octanol–water partition coefficient (Wildman–Crippen LogP) is -0.737. The highest BCUT2D eigenvalue weighted by molar-refractivity contribution is 7.77. The van der Waals surface area contributed by atoms with Gasteiger partial charge in [0.1, 0.15) is 0 Å². The van der Waals surface area contributed by atoms with Gasteiger partial charge < -0.3 is 0 Å². The first-order valence-corrected chi connectivity index (χ1v) is 2.85. The van der Waals surface area contributed by atoms with Crippen LogP contribution in [0.3, 0.4) is 0 Å². The fourth-order valence-corrected chi connectivity index (χ4v) is 0.544. The van der Waals surface area contributed by atoms with Gasteiger partial charge in [-0.3, -0.25) is 4.55 Å². The molecule has 0 fully saturated rings. The fourth-order valence-electron chi connectivity index (χ4n) is 0.281. The number of aromatic nitrogens is 3. The zero-order valence-corrected chi connectivity index (χ0v) is 4.58. The third kappa shape index (κ3) is 0.903. The summed E-state index contributed by atoms with van der Waals surface area (Å²) in [6.45, 7) is 0. The molecule has 1 unspecified atom stereocenters. The topological polar surface area (TPSA) is 68.0 Å². The normalized spacial score (nSPS) is 13.6. The molecule has 8 heavy (non-hydrogen) atoms. The molecule has 1 aromatic heterocycles. The molecule has 0 aliphatic heterocycles. The zero-order valence-electron chi connectivity index (χ0n) is 3.76. The molecule has 0 aliphatic rings. The van der Waals surface area contributed by atoms with E-state index >= 15 is 0 Å². The second-order valence-electron chi connectivity index (χ2n) is 1.04. The summed E-state index contributed by atoms with van der Waals surface area (Å²) in [5.74, 6) is 0. The van der Waals surface area contributed by atoms with Crippen LogP contribution in [0.5, 0.6) is 0 Å². The lowest BCUT2D eigenvalue weighted by Crippen LogP contribution is -2.02. The van der Waals surface area contributed by atoms with E-state index in [0.29, 0.717) is 0 Å². The molecule has 6 heteroatoms. The van der Waals surface area contributed by atoms with Crippen molar-refractivity contribution < 1.29 is 8.76 Å². The number of hydrogen-bond donors (Lipinski definition) is 1. The van der Waals surface area contributed by atoms with E-state index < -0.39 is 11.3 Å². The second-order valence-corrected chi connectivity index (χ2v) is 1.87. The van der Waals surface area contributed by atoms with E-state index in [1.54, 1.807) is 0 Å². The Kier molecular flexibility index (Phi) is 1.36. The van der Waals surface area contributed by atoms with Gasteiger partial charge in [0, 0.05) is 0 Å². The van der Waals surface area contributed by atoms with Crippen molar-refractivity contribution in [3.05, 3.63) is 12.4 Å². The lowest BCUT2D eigenvalue weighted by Gasteiger charge is -1.84. The summed E-state index contributed by atoms with van der Waals surface area (Å²) < 4.78 is 19.1. The number of nitrogens with zero attached hydrogens (tertiary/aromatic N) is 3. The molecule has 0 spiro atoms. The maximum absolute atomic E-state index is 10.0. The molecular formula is C2H3N3O2S. The van der Waals surface area contributed by atoms with E-state index in [1.807, 2.05) is 0 Å². The quantitative estimate of drug-likeness (QED) is 0.512. The summed E-state index contributed by atoms with van der Waals surface area (Å²) in [5.41, 5.74) is 0. The van der Waals surface area contributed by atoms with Crippen LogP contribution in [0.4, 0.5) is 0 Å². The Morgan fingerprint density at radius 3 is 2.75 bits per heavy atom. The first-order valence-electron chi connectivity index (χ1n) is 1.78. The van der Waals surface area contributed by atoms with Crippen molar-refractivity contribution in [3.8, 4) is 0 Å². The van der Waals surface area contributed by atoms with Crippen molar-refractivity contribution in [2.75, 3.05) is 0 Å². The molecule has 1 N–H and O–H groups in total. The highest BCUT2D eigenvalue weighted by Gasteiger charge is 1.92. The van der Waals surface area contributed by atoms with Gasteiger partial charge in [0.15, 0.2) is 0 Å². The minimum Gasteiger partial charge on any atom is -0.288 e. The van der Waals surface area contributed by atoms with E-state index in [1.165, 1.54) is 12.4 Å². The van der Waals surface area contributed by atoms with E-state index in [9.17, 15) is 4.21 Å². The van der Waals surface area contributed by atoms with E-state index in [0.717, 1.165) is 4.09 Å². The number of rotatable bonds is 1. The first-order chi connectivity index (χ1) is 3.80. The maximum Gasteiger partial charge on any atom is 0.284 e. The van der Waals surface area contributed by atoms with Crippen LogP contribution in [0.25, 0.3) is 0 Å². The van der Waals surface area contributed by atoms with Crippen molar-refractivity contribution >= 4 is 11.3 Å². The summed E-state index contributed by atoms with van der Waals surface area (Å²) in [4.78, 5) is 0. The van der Waals surface area contributed by atoms with Gasteiger partial charge >= 0.3 is 0 Å². The summed E-state index contributed by atoms with van der Waals surface area (Å²) in [7, 11) is 0. The first kappa shape index (κ1) is 5.39. The fraction of sp³-hybridized carbons (Fsp3) is 0. The van der Waals surface area contributed by atoms with E-state index in [4.69, 9.17) is 4.55 Å². The standard InChI is InChI=1S/C2H3N3O2S/c6-8(7)5-2-1-3-4-5/h1-2H,(H,6,7). The van der Waals surface area contributed by atoms with Crippen LogP contribution in [0.2, 0.25) is 0 Å². The van der Waals surface area contributed by atoms with Crippen LogP contribution in [-0.2, 0) is 11.3 Å². The van der Waals surface area contributed by atoms with Crippen LogP contribution in [0.1, 0.15) is 0 Å². The molecular weight excluding hydrogens is 130 g/mol. The van der Waals surface area contributed by atoms with Crippen molar-refractivity contribution in [2.24, 2.45) is 0 Å². The SMILES string of the molecule is O=S(O)n1ccnn1. The maximum atomic E-state index is 10.0. The lowest BCUT2D eigenvalue weighted by atomic mass is 11.0. The molecule has 1 atom stereocenters. The Labute approximate surface area is 47.7 Å². The molecule has 44 valence electrons. The monoisotopic (exact) mass is 133 g/mol. The van der Waals surface area contributed by atoms with Gasteiger partial charge in [0.25, 0.3) is 11.3 Å². The van der Waals surface area contributed by atoms with Crippen LogP contribution >= 0.6 is 0 Å². The summed E-state index contributed by atoms with van der Waals surface area (Å²) in [5, 5.41) is 6.54. The highest BCUT2D eigenvalue weighted by atomic mass is 32.2. The summed E-state index contributed by atoms with van der Waals surface area (Å²) in [6.07, 6.45) is 2.63. The molecule has 0 saturated carbocycles.